The van der Waals surface area contributed by atoms with Gasteiger partial charge in [-0.05, 0) is 38.0 Å². The summed E-state index contributed by atoms with van der Waals surface area (Å²) in [5.41, 5.74) is 0.768. The molecule has 0 saturated heterocycles. The van der Waals surface area contributed by atoms with Crippen LogP contribution in [-0.4, -0.2) is 24.8 Å². The Labute approximate surface area is 112 Å². The molecule has 0 aliphatic heterocycles. The van der Waals surface area contributed by atoms with Gasteiger partial charge < -0.3 is 10.1 Å². The van der Waals surface area contributed by atoms with Crippen molar-refractivity contribution in [2.75, 3.05) is 13.2 Å². The molecule has 0 saturated carbocycles. The van der Waals surface area contributed by atoms with Crippen molar-refractivity contribution in [3.63, 3.8) is 0 Å². The Kier molecular flexibility index (Phi) is 5.99. The van der Waals surface area contributed by atoms with Gasteiger partial charge in [-0.1, -0.05) is 6.07 Å². The number of nitrogens with one attached hydrogen (secondary N) is 1. The molecule has 0 radical (unpaired) electrons. The third-order valence-corrected chi connectivity index (χ3v) is 2.44. The first-order valence-corrected chi connectivity index (χ1v) is 6.20. The van der Waals surface area contributed by atoms with Crippen molar-refractivity contribution < 1.29 is 18.7 Å². The number of carbonyl (C=O) groups is 2. The monoisotopic (exact) mass is 267 g/mol. The Hall–Kier alpha value is -1.91. The lowest BCUT2D eigenvalue weighted by atomic mass is 10.1. The number of hydrogen-bond donors (Lipinski definition) is 1. The molecule has 1 aromatic carbocycles. The molecule has 1 N–H and O–H groups in total. The smallest absolute Gasteiger partial charge is 0.227 e. The highest BCUT2D eigenvalue weighted by Gasteiger charge is 2.06. The van der Waals surface area contributed by atoms with Gasteiger partial charge in [0.15, 0.2) is 11.6 Å². The fraction of sp³-hybridized carbons (Fsp3) is 0.429. The number of benzene rings is 1. The number of ketones is 1. The number of carbonyl (C=O) groups excluding carboxylic acids is 2. The fourth-order valence-electron chi connectivity index (χ4n) is 1.61. The second kappa shape index (κ2) is 7.51. The average Bonchev–Trinajstić information content (AvgIpc) is 2.32. The third kappa shape index (κ3) is 5.50. The minimum atomic E-state index is -0.408. The van der Waals surface area contributed by atoms with E-state index in [1.54, 1.807) is 19.1 Å². The molecular weight excluding hydrogens is 249 g/mol. The summed E-state index contributed by atoms with van der Waals surface area (Å²) >= 11 is 0. The number of hydrogen-bond acceptors (Lipinski definition) is 3. The Bertz CT molecular complexity index is 460. The van der Waals surface area contributed by atoms with E-state index in [9.17, 15) is 14.0 Å². The van der Waals surface area contributed by atoms with E-state index >= 15 is 0 Å². The van der Waals surface area contributed by atoms with Crippen molar-refractivity contribution in [2.45, 2.75) is 26.7 Å². The van der Waals surface area contributed by atoms with E-state index in [1.165, 1.54) is 13.0 Å². The normalized spacial score (nSPS) is 10.1. The van der Waals surface area contributed by atoms with Crippen LogP contribution in [0.15, 0.2) is 18.2 Å². The van der Waals surface area contributed by atoms with Crippen LogP contribution >= 0.6 is 0 Å². The Morgan fingerprint density at radius 2 is 2.11 bits per heavy atom. The summed E-state index contributed by atoms with van der Waals surface area (Å²) in [5.74, 6) is -0.662. The minimum Gasteiger partial charge on any atom is -0.491 e. The molecule has 4 nitrogen and oxygen atoms in total. The Morgan fingerprint density at radius 1 is 1.37 bits per heavy atom. The lowest BCUT2D eigenvalue weighted by Crippen LogP contribution is -2.27. The molecule has 0 unspecified atom stereocenters. The Morgan fingerprint density at radius 3 is 2.68 bits per heavy atom. The van der Waals surface area contributed by atoms with Crippen molar-refractivity contribution in [2.24, 2.45) is 0 Å². The van der Waals surface area contributed by atoms with Crippen LogP contribution in [0.5, 0.6) is 5.75 Å². The SMILES string of the molecule is CCOc1ccc(CCNC(=O)CC(C)=O)cc1F. The number of rotatable bonds is 7. The molecule has 0 aliphatic rings. The number of Topliss-reactive ketones (excluding diaryl/α,β-unsaturated/α-hetero) is 1. The van der Waals surface area contributed by atoms with Crippen molar-refractivity contribution >= 4 is 11.7 Å². The lowest BCUT2D eigenvalue weighted by Gasteiger charge is -2.07. The van der Waals surface area contributed by atoms with Crippen LogP contribution in [0.25, 0.3) is 0 Å². The highest BCUT2D eigenvalue weighted by atomic mass is 19.1. The van der Waals surface area contributed by atoms with E-state index in [1.807, 2.05) is 0 Å². The van der Waals surface area contributed by atoms with E-state index in [-0.39, 0.29) is 23.9 Å². The van der Waals surface area contributed by atoms with Gasteiger partial charge >= 0.3 is 0 Å². The van der Waals surface area contributed by atoms with E-state index < -0.39 is 5.82 Å². The molecule has 0 heterocycles. The van der Waals surface area contributed by atoms with Crippen LogP contribution in [0.2, 0.25) is 0 Å². The molecule has 5 heteroatoms. The molecule has 19 heavy (non-hydrogen) atoms. The van der Waals surface area contributed by atoms with Crippen molar-refractivity contribution in [1.82, 2.24) is 5.32 Å². The van der Waals surface area contributed by atoms with Crippen molar-refractivity contribution in [3.05, 3.63) is 29.6 Å². The maximum absolute atomic E-state index is 13.5. The highest BCUT2D eigenvalue weighted by molar-refractivity contribution is 5.96. The van der Waals surface area contributed by atoms with E-state index in [0.29, 0.717) is 19.6 Å². The number of ether oxygens (including phenoxy) is 1. The molecule has 1 aromatic rings. The van der Waals surface area contributed by atoms with Gasteiger partial charge in [0, 0.05) is 6.54 Å². The summed E-state index contributed by atoms with van der Waals surface area (Å²) in [7, 11) is 0. The van der Waals surface area contributed by atoms with Crippen LogP contribution in [-0.2, 0) is 16.0 Å². The van der Waals surface area contributed by atoms with E-state index in [0.717, 1.165) is 5.56 Å². The van der Waals surface area contributed by atoms with Crippen LogP contribution in [0, 0.1) is 5.82 Å². The van der Waals surface area contributed by atoms with Crippen molar-refractivity contribution in [1.29, 1.82) is 0 Å². The van der Waals surface area contributed by atoms with Crippen molar-refractivity contribution in [3.8, 4) is 5.75 Å². The first-order valence-electron chi connectivity index (χ1n) is 6.20. The largest absolute Gasteiger partial charge is 0.491 e. The molecular formula is C14H18FNO3. The highest BCUT2D eigenvalue weighted by Crippen LogP contribution is 2.18. The summed E-state index contributed by atoms with van der Waals surface area (Å²) < 4.78 is 18.6. The van der Waals surface area contributed by atoms with Gasteiger partial charge in [-0.3, -0.25) is 9.59 Å². The standard InChI is InChI=1S/C14H18FNO3/c1-3-19-13-5-4-11(9-12(13)15)6-7-16-14(18)8-10(2)17/h4-5,9H,3,6-8H2,1-2H3,(H,16,18). The second-order valence-corrected chi connectivity index (χ2v) is 4.18. The molecule has 1 amide bonds. The fourth-order valence-corrected chi connectivity index (χ4v) is 1.61. The van der Waals surface area contributed by atoms with Crippen LogP contribution in [0.4, 0.5) is 4.39 Å². The molecule has 0 atom stereocenters. The zero-order chi connectivity index (χ0) is 14.3. The van der Waals surface area contributed by atoms with E-state index in [4.69, 9.17) is 4.74 Å². The van der Waals surface area contributed by atoms with Gasteiger partial charge in [0.05, 0.1) is 13.0 Å². The lowest BCUT2D eigenvalue weighted by molar-refractivity contribution is -0.127. The predicted molar refractivity (Wildman–Crippen MR) is 69.6 cm³/mol. The molecule has 0 spiro atoms. The maximum atomic E-state index is 13.5. The zero-order valence-corrected chi connectivity index (χ0v) is 11.2. The van der Waals surface area contributed by atoms with Gasteiger partial charge in [0.25, 0.3) is 0 Å². The summed E-state index contributed by atoms with van der Waals surface area (Å²) in [4.78, 5) is 21.9. The first kappa shape index (κ1) is 15.1. The molecule has 0 aliphatic carbocycles. The predicted octanol–water partition coefficient (Wildman–Crippen LogP) is 1.86. The topological polar surface area (TPSA) is 55.4 Å². The Balaban J connectivity index is 2.43. The molecule has 1 rings (SSSR count). The average molecular weight is 267 g/mol. The summed E-state index contributed by atoms with van der Waals surface area (Å²) in [6, 6.07) is 4.72. The third-order valence-electron chi connectivity index (χ3n) is 2.44. The second-order valence-electron chi connectivity index (χ2n) is 4.18. The van der Waals surface area contributed by atoms with Crippen LogP contribution < -0.4 is 10.1 Å². The number of amides is 1. The van der Waals surface area contributed by atoms with Gasteiger partial charge in [-0.25, -0.2) is 4.39 Å². The van der Waals surface area contributed by atoms with Crippen LogP contribution in [0.3, 0.4) is 0 Å². The summed E-state index contributed by atoms with van der Waals surface area (Å²) in [6.45, 7) is 3.94. The number of halogens is 1. The van der Waals surface area contributed by atoms with Gasteiger partial charge in [-0.15, -0.1) is 0 Å². The molecule has 104 valence electrons. The molecule has 0 aromatic heterocycles. The molecule has 0 bridgehead atoms. The van der Waals surface area contributed by atoms with E-state index in [2.05, 4.69) is 5.32 Å². The minimum absolute atomic E-state index is 0.113. The van der Waals surface area contributed by atoms with Gasteiger partial charge in [0.1, 0.15) is 5.78 Å². The first-order chi connectivity index (χ1) is 9.02. The van der Waals surface area contributed by atoms with Gasteiger partial charge in [-0.2, -0.15) is 0 Å². The zero-order valence-electron chi connectivity index (χ0n) is 11.2. The maximum Gasteiger partial charge on any atom is 0.227 e. The van der Waals surface area contributed by atoms with Gasteiger partial charge in [0.2, 0.25) is 5.91 Å². The summed E-state index contributed by atoms with van der Waals surface area (Å²) in [6.07, 6.45) is 0.393. The molecule has 0 fully saturated rings. The van der Waals surface area contributed by atoms with Crippen LogP contribution in [0.1, 0.15) is 25.8 Å². The summed E-state index contributed by atoms with van der Waals surface area (Å²) in [5, 5.41) is 2.61. The quantitative estimate of drug-likeness (QED) is 0.767.